The molecule has 0 spiro atoms. The van der Waals surface area contributed by atoms with Crippen LogP contribution in [0.5, 0.6) is 0 Å². The summed E-state index contributed by atoms with van der Waals surface area (Å²) in [5.41, 5.74) is 5.14. The Labute approximate surface area is 111 Å². The van der Waals surface area contributed by atoms with E-state index in [4.69, 9.17) is 5.73 Å². The maximum atomic E-state index is 12.3. The highest BCUT2D eigenvalue weighted by atomic mass is 16.3. The summed E-state index contributed by atoms with van der Waals surface area (Å²) >= 11 is 0. The fourth-order valence-electron chi connectivity index (χ4n) is 2.93. The van der Waals surface area contributed by atoms with Gasteiger partial charge in [-0.3, -0.25) is 4.79 Å². The van der Waals surface area contributed by atoms with Crippen molar-refractivity contribution >= 4 is 5.91 Å². The predicted octanol–water partition coefficient (Wildman–Crippen LogP) is 1.37. The van der Waals surface area contributed by atoms with Crippen LogP contribution in [-0.2, 0) is 4.79 Å². The minimum Gasteiger partial charge on any atom is -0.389 e. The fraction of sp³-hybridized carbons (Fsp3) is 0.929. The van der Waals surface area contributed by atoms with Crippen LogP contribution in [0, 0.1) is 11.8 Å². The maximum absolute atomic E-state index is 12.3. The summed E-state index contributed by atoms with van der Waals surface area (Å²) in [6.07, 6.45) is 4.25. The highest BCUT2D eigenvalue weighted by Gasteiger charge is 2.31. The first kappa shape index (κ1) is 15.4. The molecule has 106 valence electrons. The number of carbonyl (C=O) groups is 1. The van der Waals surface area contributed by atoms with E-state index in [1.165, 1.54) is 0 Å². The number of nitrogens with two attached hydrogens (primary N) is 1. The van der Waals surface area contributed by atoms with Crippen molar-refractivity contribution in [3.05, 3.63) is 0 Å². The molecule has 18 heavy (non-hydrogen) atoms. The molecular formula is C14H28N2O2. The number of nitrogens with zero attached hydrogens (tertiary/aromatic N) is 1. The van der Waals surface area contributed by atoms with Crippen LogP contribution in [0.4, 0.5) is 0 Å². The monoisotopic (exact) mass is 256 g/mol. The number of hydrogen-bond acceptors (Lipinski definition) is 3. The molecule has 0 aromatic rings. The number of rotatable bonds is 4. The lowest BCUT2D eigenvalue weighted by Gasteiger charge is -2.34. The third kappa shape index (κ3) is 4.58. The minimum absolute atomic E-state index is 0.00343. The van der Waals surface area contributed by atoms with Gasteiger partial charge in [-0.2, -0.15) is 0 Å². The molecule has 1 rings (SSSR count). The van der Waals surface area contributed by atoms with E-state index >= 15 is 0 Å². The van der Waals surface area contributed by atoms with E-state index in [-0.39, 0.29) is 17.9 Å². The summed E-state index contributed by atoms with van der Waals surface area (Å²) < 4.78 is 0. The van der Waals surface area contributed by atoms with Crippen LogP contribution in [0.2, 0.25) is 0 Å². The highest BCUT2D eigenvalue weighted by Crippen LogP contribution is 2.30. The van der Waals surface area contributed by atoms with Crippen molar-refractivity contribution in [1.29, 1.82) is 0 Å². The van der Waals surface area contributed by atoms with Crippen LogP contribution < -0.4 is 5.73 Å². The molecule has 1 fully saturated rings. The van der Waals surface area contributed by atoms with Crippen LogP contribution in [-0.4, -0.2) is 41.1 Å². The highest BCUT2D eigenvalue weighted by molar-refractivity contribution is 5.78. The first-order chi connectivity index (χ1) is 8.20. The summed E-state index contributed by atoms with van der Waals surface area (Å²) in [4.78, 5) is 13.9. The largest absolute Gasteiger partial charge is 0.389 e. The Kier molecular flexibility index (Phi) is 5.17. The summed E-state index contributed by atoms with van der Waals surface area (Å²) in [5.74, 6) is 0.519. The molecule has 0 aromatic heterocycles. The standard InChI is InChI=1S/C14H28N2O2/c1-10(11-6-5-7-12(15)8-11)13(17)16(4)9-14(2,3)18/h10-12,18H,5-9,15H2,1-4H3. The van der Waals surface area contributed by atoms with E-state index in [0.717, 1.165) is 25.7 Å². The molecule has 0 radical (unpaired) electrons. The summed E-state index contributed by atoms with van der Waals surface area (Å²) in [7, 11) is 1.76. The normalized spacial score (nSPS) is 26.8. The first-order valence-corrected chi connectivity index (χ1v) is 6.93. The molecular weight excluding hydrogens is 228 g/mol. The second kappa shape index (κ2) is 6.02. The van der Waals surface area contributed by atoms with E-state index in [2.05, 4.69) is 0 Å². The third-order valence-corrected chi connectivity index (χ3v) is 3.85. The molecule has 0 heterocycles. The second-order valence-corrected chi connectivity index (χ2v) is 6.48. The van der Waals surface area contributed by atoms with Gasteiger partial charge >= 0.3 is 0 Å². The first-order valence-electron chi connectivity index (χ1n) is 6.93. The maximum Gasteiger partial charge on any atom is 0.225 e. The van der Waals surface area contributed by atoms with Crippen LogP contribution in [0.15, 0.2) is 0 Å². The molecule has 0 aliphatic heterocycles. The molecule has 1 amide bonds. The lowest BCUT2D eigenvalue weighted by atomic mass is 9.78. The van der Waals surface area contributed by atoms with Crippen molar-refractivity contribution in [1.82, 2.24) is 4.90 Å². The Morgan fingerprint density at radius 2 is 2.11 bits per heavy atom. The summed E-state index contributed by atoms with van der Waals surface area (Å²) in [5, 5.41) is 9.76. The molecule has 4 heteroatoms. The number of carbonyl (C=O) groups excluding carboxylic acids is 1. The number of aliphatic hydroxyl groups is 1. The molecule has 0 bridgehead atoms. The Morgan fingerprint density at radius 1 is 1.50 bits per heavy atom. The van der Waals surface area contributed by atoms with Gasteiger partial charge in [0.15, 0.2) is 0 Å². The van der Waals surface area contributed by atoms with Crippen LogP contribution >= 0.6 is 0 Å². The number of likely N-dealkylation sites (N-methyl/N-ethyl adjacent to an activating group) is 1. The summed E-state index contributed by atoms with van der Waals surface area (Å²) in [6.45, 7) is 5.80. The van der Waals surface area contributed by atoms with Crippen molar-refractivity contribution in [2.75, 3.05) is 13.6 Å². The van der Waals surface area contributed by atoms with Gasteiger partial charge in [-0.05, 0) is 39.0 Å². The molecule has 1 aliphatic rings. The molecule has 3 atom stereocenters. The molecule has 4 nitrogen and oxygen atoms in total. The van der Waals surface area contributed by atoms with Gasteiger partial charge in [0.2, 0.25) is 5.91 Å². The molecule has 0 aromatic carbocycles. The van der Waals surface area contributed by atoms with Crippen LogP contribution in [0.25, 0.3) is 0 Å². The molecule has 0 saturated heterocycles. The Bertz CT molecular complexity index is 286. The zero-order chi connectivity index (χ0) is 13.9. The van der Waals surface area contributed by atoms with Gasteiger partial charge in [0.25, 0.3) is 0 Å². The average Bonchev–Trinajstić information content (AvgIpc) is 2.24. The van der Waals surface area contributed by atoms with Gasteiger partial charge in [0, 0.05) is 25.6 Å². The quantitative estimate of drug-likeness (QED) is 0.798. The number of amides is 1. The Morgan fingerprint density at radius 3 is 2.61 bits per heavy atom. The van der Waals surface area contributed by atoms with Gasteiger partial charge in [-0.15, -0.1) is 0 Å². The van der Waals surface area contributed by atoms with Crippen molar-refractivity contribution in [2.45, 2.75) is 58.1 Å². The predicted molar refractivity (Wildman–Crippen MR) is 73.0 cm³/mol. The van der Waals surface area contributed by atoms with Gasteiger partial charge in [0.05, 0.1) is 5.60 Å². The zero-order valence-corrected chi connectivity index (χ0v) is 12.1. The Balaban J connectivity index is 2.54. The third-order valence-electron chi connectivity index (χ3n) is 3.85. The van der Waals surface area contributed by atoms with E-state index in [1.807, 2.05) is 6.92 Å². The zero-order valence-electron chi connectivity index (χ0n) is 12.1. The minimum atomic E-state index is -0.840. The second-order valence-electron chi connectivity index (χ2n) is 6.48. The average molecular weight is 256 g/mol. The fourth-order valence-corrected chi connectivity index (χ4v) is 2.93. The van der Waals surface area contributed by atoms with Crippen LogP contribution in [0.1, 0.15) is 46.5 Å². The van der Waals surface area contributed by atoms with E-state index in [9.17, 15) is 9.90 Å². The van der Waals surface area contributed by atoms with Crippen molar-refractivity contribution in [2.24, 2.45) is 17.6 Å². The van der Waals surface area contributed by atoms with E-state index in [1.54, 1.807) is 25.8 Å². The molecule has 1 aliphatic carbocycles. The lowest BCUT2D eigenvalue weighted by Crippen LogP contribution is -2.44. The van der Waals surface area contributed by atoms with E-state index in [0.29, 0.717) is 12.5 Å². The van der Waals surface area contributed by atoms with Gasteiger partial charge < -0.3 is 15.7 Å². The topological polar surface area (TPSA) is 66.6 Å². The lowest BCUT2D eigenvalue weighted by molar-refractivity contribution is -0.138. The SMILES string of the molecule is CC(C(=O)N(C)CC(C)(C)O)C1CCCC(N)C1. The smallest absolute Gasteiger partial charge is 0.225 e. The van der Waals surface area contributed by atoms with Gasteiger partial charge in [-0.1, -0.05) is 13.3 Å². The van der Waals surface area contributed by atoms with Crippen LogP contribution in [0.3, 0.4) is 0 Å². The Hall–Kier alpha value is -0.610. The van der Waals surface area contributed by atoms with Gasteiger partial charge in [0.1, 0.15) is 0 Å². The molecule has 1 saturated carbocycles. The van der Waals surface area contributed by atoms with E-state index < -0.39 is 5.60 Å². The van der Waals surface area contributed by atoms with Gasteiger partial charge in [-0.25, -0.2) is 0 Å². The van der Waals surface area contributed by atoms with Crippen molar-refractivity contribution in [3.63, 3.8) is 0 Å². The molecule has 3 unspecified atom stereocenters. The van der Waals surface area contributed by atoms with Crippen molar-refractivity contribution < 1.29 is 9.90 Å². The summed E-state index contributed by atoms with van der Waals surface area (Å²) in [6, 6.07) is 0.249. The van der Waals surface area contributed by atoms with Crippen molar-refractivity contribution in [3.8, 4) is 0 Å². The molecule has 3 N–H and O–H groups in total. The number of hydrogen-bond donors (Lipinski definition) is 2.